The topological polar surface area (TPSA) is 66.5 Å². The number of hydrogen-bond acceptors (Lipinski definition) is 4. The number of nitrogens with zero attached hydrogens (tertiary/aromatic N) is 1. The molecule has 1 fully saturated rings. The second-order valence-corrected chi connectivity index (χ2v) is 9.73. The van der Waals surface area contributed by atoms with E-state index in [1.165, 1.54) is 19.3 Å². The van der Waals surface area contributed by atoms with E-state index in [1.807, 2.05) is 12.1 Å². The number of carbonyl (C=O) groups excluding carboxylic acids is 1. The minimum atomic E-state index is -5.45. The third-order valence-electron chi connectivity index (χ3n) is 5.61. The van der Waals surface area contributed by atoms with Gasteiger partial charge in [0.25, 0.3) is 15.7 Å². The van der Waals surface area contributed by atoms with Crippen LogP contribution >= 0.6 is 0 Å². The lowest BCUT2D eigenvalue weighted by molar-refractivity contribution is -0.0436. The lowest BCUT2D eigenvalue weighted by Crippen LogP contribution is -2.33. The monoisotopic (exact) mass is 454 g/mol. The molecule has 0 bridgehead atoms. The number of nitrogens with one attached hydrogen (secondary N) is 1. The lowest BCUT2D eigenvalue weighted by atomic mass is 9.94. The fraction of sp³-hybridized carbons (Fsp3) is 0.409. The molecule has 0 unspecified atom stereocenters. The van der Waals surface area contributed by atoms with Gasteiger partial charge < -0.3 is 5.32 Å². The lowest BCUT2D eigenvalue weighted by Gasteiger charge is -2.31. The number of anilines is 1. The highest BCUT2D eigenvalue weighted by Gasteiger charge is 2.46. The predicted molar refractivity (Wildman–Crippen MR) is 112 cm³/mol. The summed E-state index contributed by atoms with van der Waals surface area (Å²) in [4.78, 5) is 14.0. The molecule has 9 heteroatoms. The van der Waals surface area contributed by atoms with Gasteiger partial charge in [-0.15, -0.1) is 0 Å². The highest BCUT2D eigenvalue weighted by molar-refractivity contribution is 7.92. The summed E-state index contributed by atoms with van der Waals surface area (Å²) in [6.07, 6.45) is 6.00. The second kappa shape index (κ2) is 9.40. The molecule has 0 radical (unpaired) electrons. The molecule has 0 heterocycles. The van der Waals surface area contributed by atoms with Crippen LogP contribution in [-0.4, -0.2) is 37.8 Å². The van der Waals surface area contributed by atoms with E-state index in [0.29, 0.717) is 18.3 Å². The average Bonchev–Trinajstić information content (AvgIpc) is 2.75. The van der Waals surface area contributed by atoms with Crippen LogP contribution in [0.3, 0.4) is 0 Å². The van der Waals surface area contributed by atoms with E-state index in [2.05, 4.69) is 17.3 Å². The van der Waals surface area contributed by atoms with Crippen molar-refractivity contribution in [2.45, 2.75) is 55.1 Å². The maximum atomic E-state index is 12.7. The summed E-state index contributed by atoms with van der Waals surface area (Å²) < 4.78 is 61.0. The van der Waals surface area contributed by atoms with Crippen molar-refractivity contribution in [2.75, 3.05) is 12.4 Å². The Balaban J connectivity index is 1.72. The highest BCUT2D eigenvalue weighted by Crippen LogP contribution is 2.30. The summed E-state index contributed by atoms with van der Waals surface area (Å²) in [6.45, 7) is 0.657. The third kappa shape index (κ3) is 5.46. The Morgan fingerprint density at radius 2 is 1.65 bits per heavy atom. The van der Waals surface area contributed by atoms with Gasteiger partial charge in [0.1, 0.15) is 0 Å². The van der Waals surface area contributed by atoms with Crippen LogP contribution in [0, 0.1) is 0 Å². The average molecular weight is 455 g/mol. The van der Waals surface area contributed by atoms with E-state index in [1.54, 1.807) is 12.1 Å². The number of rotatable bonds is 6. The maximum absolute atomic E-state index is 12.7. The predicted octanol–water partition coefficient (Wildman–Crippen LogP) is 5.00. The van der Waals surface area contributed by atoms with Crippen LogP contribution in [-0.2, 0) is 16.4 Å². The summed E-state index contributed by atoms with van der Waals surface area (Å²) in [7, 11) is -3.38. The van der Waals surface area contributed by atoms with E-state index in [4.69, 9.17) is 0 Å². The molecule has 2 aromatic rings. The molecule has 0 atom stereocenters. The Morgan fingerprint density at radius 1 is 1.03 bits per heavy atom. The van der Waals surface area contributed by atoms with E-state index in [9.17, 15) is 26.4 Å². The molecule has 1 aliphatic rings. The van der Waals surface area contributed by atoms with Crippen LogP contribution in [0.5, 0.6) is 0 Å². The van der Waals surface area contributed by atoms with Crippen molar-refractivity contribution < 1.29 is 26.4 Å². The Hall–Kier alpha value is -2.39. The fourth-order valence-corrected chi connectivity index (χ4v) is 4.57. The quantitative estimate of drug-likeness (QED) is 0.667. The first kappa shape index (κ1) is 23.3. The first-order valence-electron chi connectivity index (χ1n) is 10.1. The molecule has 2 aromatic carbocycles. The first-order valence-corrected chi connectivity index (χ1v) is 11.6. The number of sulfone groups is 1. The molecule has 1 amide bonds. The van der Waals surface area contributed by atoms with Gasteiger partial charge in [0.05, 0.1) is 4.90 Å². The Kier molecular flexibility index (Phi) is 7.06. The van der Waals surface area contributed by atoms with Crippen LogP contribution < -0.4 is 5.32 Å². The van der Waals surface area contributed by atoms with Crippen molar-refractivity contribution >= 4 is 21.4 Å². The zero-order valence-electron chi connectivity index (χ0n) is 17.2. The molecule has 0 spiro atoms. The van der Waals surface area contributed by atoms with Gasteiger partial charge in [-0.05, 0) is 55.8 Å². The molecule has 31 heavy (non-hydrogen) atoms. The fourth-order valence-electron chi connectivity index (χ4n) is 3.81. The maximum Gasteiger partial charge on any atom is 0.501 e. The molecular formula is C22H25F3N2O3S. The van der Waals surface area contributed by atoms with Crippen molar-refractivity contribution in [3.8, 4) is 0 Å². The largest absolute Gasteiger partial charge is 0.501 e. The van der Waals surface area contributed by atoms with Gasteiger partial charge in [0, 0.05) is 23.8 Å². The van der Waals surface area contributed by atoms with Gasteiger partial charge in [0.15, 0.2) is 0 Å². The highest BCUT2D eigenvalue weighted by atomic mass is 32.2. The number of hydrogen-bond donors (Lipinski definition) is 1. The van der Waals surface area contributed by atoms with Gasteiger partial charge in [-0.3, -0.25) is 9.69 Å². The summed E-state index contributed by atoms with van der Waals surface area (Å²) >= 11 is 0. The Bertz CT molecular complexity index is 1020. The zero-order valence-corrected chi connectivity index (χ0v) is 18.0. The van der Waals surface area contributed by atoms with E-state index < -0.39 is 26.1 Å². The molecule has 3 rings (SSSR count). The van der Waals surface area contributed by atoms with Crippen LogP contribution in [0.1, 0.15) is 48.0 Å². The minimum absolute atomic E-state index is 0.0663. The molecule has 1 saturated carbocycles. The molecule has 0 aromatic heterocycles. The minimum Gasteiger partial charge on any atom is -0.322 e. The standard InChI is InChI=1S/C22H25F3N2O3S/c1-27(18-8-3-2-4-9-18)15-17-7-5-6-10-20(17)26-21(28)16-11-13-19(14-12-16)31(29,30)22(23,24)25/h5-7,10-14,18H,2-4,8-9,15H2,1H3,(H,26,28). The van der Waals surface area contributed by atoms with Gasteiger partial charge in [-0.2, -0.15) is 13.2 Å². The van der Waals surface area contributed by atoms with E-state index >= 15 is 0 Å². The Morgan fingerprint density at radius 3 is 2.26 bits per heavy atom. The molecule has 168 valence electrons. The number of carbonyl (C=O) groups is 1. The van der Waals surface area contributed by atoms with Crippen molar-refractivity contribution in [2.24, 2.45) is 0 Å². The number of amides is 1. The smallest absolute Gasteiger partial charge is 0.322 e. The van der Waals surface area contributed by atoms with E-state index in [0.717, 1.165) is 42.7 Å². The molecule has 5 nitrogen and oxygen atoms in total. The van der Waals surface area contributed by atoms with Crippen LogP contribution in [0.4, 0.5) is 18.9 Å². The number of halogens is 3. The summed E-state index contributed by atoms with van der Waals surface area (Å²) in [5.41, 5.74) is -3.78. The van der Waals surface area contributed by atoms with Gasteiger partial charge in [-0.25, -0.2) is 8.42 Å². The number of para-hydroxylation sites is 1. The molecule has 0 aliphatic heterocycles. The Labute approximate surface area is 180 Å². The summed E-state index contributed by atoms with van der Waals surface area (Å²) in [5.74, 6) is -0.524. The van der Waals surface area contributed by atoms with Crippen molar-refractivity contribution in [3.63, 3.8) is 0 Å². The first-order chi connectivity index (χ1) is 14.6. The van der Waals surface area contributed by atoms with Crippen LogP contribution in [0.25, 0.3) is 0 Å². The van der Waals surface area contributed by atoms with Crippen LogP contribution in [0.15, 0.2) is 53.4 Å². The molecule has 1 aliphatic carbocycles. The van der Waals surface area contributed by atoms with Gasteiger partial charge in [0.2, 0.25) is 0 Å². The normalized spacial score (nSPS) is 15.8. The molecule has 0 saturated heterocycles. The van der Waals surface area contributed by atoms with E-state index in [-0.39, 0.29) is 5.56 Å². The third-order valence-corrected chi connectivity index (χ3v) is 7.12. The number of benzene rings is 2. The van der Waals surface area contributed by atoms with Crippen molar-refractivity contribution in [1.82, 2.24) is 4.90 Å². The van der Waals surface area contributed by atoms with Gasteiger partial charge >= 0.3 is 5.51 Å². The van der Waals surface area contributed by atoms with Crippen molar-refractivity contribution in [3.05, 3.63) is 59.7 Å². The molecule has 1 N–H and O–H groups in total. The molecular weight excluding hydrogens is 429 g/mol. The summed E-state index contributed by atoms with van der Waals surface area (Å²) in [6, 6.07) is 11.6. The second-order valence-electron chi connectivity index (χ2n) is 7.79. The summed E-state index contributed by atoms with van der Waals surface area (Å²) in [5, 5.41) is 2.79. The van der Waals surface area contributed by atoms with Crippen LogP contribution in [0.2, 0.25) is 0 Å². The SMILES string of the molecule is CN(Cc1ccccc1NC(=O)c1ccc(S(=O)(=O)C(F)(F)F)cc1)C1CCCCC1. The number of alkyl halides is 3. The zero-order chi connectivity index (χ0) is 22.6. The van der Waals surface area contributed by atoms with Gasteiger partial charge in [-0.1, -0.05) is 37.5 Å². The van der Waals surface area contributed by atoms with Crippen molar-refractivity contribution in [1.29, 1.82) is 0 Å².